The van der Waals surface area contributed by atoms with Crippen LogP contribution in [0.5, 0.6) is 11.8 Å². The monoisotopic (exact) mass is 750 g/mol. The maximum atomic E-state index is 17.1. The smallest absolute Gasteiger partial charge is 0.319 e. The van der Waals surface area contributed by atoms with Gasteiger partial charge in [-0.1, -0.05) is 12.0 Å². The number of piperazine rings is 1. The zero-order chi connectivity index (χ0) is 38.0. The Morgan fingerprint density at radius 3 is 2.64 bits per heavy atom. The molecule has 3 aromatic heterocycles. The van der Waals surface area contributed by atoms with E-state index in [-0.39, 0.29) is 70.4 Å². The van der Waals surface area contributed by atoms with Gasteiger partial charge >= 0.3 is 6.01 Å². The van der Waals surface area contributed by atoms with Crippen molar-refractivity contribution in [3.8, 4) is 35.4 Å². The molecule has 15 heteroatoms. The summed E-state index contributed by atoms with van der Waals surface area (Å²) in [4.78, 5) is 40.7. The third-order valence-corrected chi connectivity index (χ3v) is 11.4. The normalized spacial score (nSPS) is 23.8. The molecule has 0 radical (unpaired) electrons. The lowest BCUT2D eigenvalue weighted by Gasteiger charge is -2.41. The third kappa shape index (κ3) is 5.95. The van der Waals surface area contributed by atoms with E-state index in [1.54, 1.807) is 11.0 Å². The number of fused-ring (bicyclic) bond motifs is 5. The number of amides is 1. The molecule has 2 aromatic carbocycles. The molecule has 1 amide bonds. The first-order chi connectivity index (χ1) is 26.6. The van der Waals surface area contributed by atoms with Gasteiger partial charge in [-0.15, -0.1) is 6.42 Å². The topological polar surface area (TPSA) is 121 Å². The number of alkyl halides is 1. The lowest BCUT2D eigenvalue weighted by Crippen LogP contribution is -2.56. The van der Waals surface area contributed by atoms with E-state index in [2.05, 4.69) is 30.8 Å². The van der Waals surface area contributed by atoms with Gasteiger partial charge in [0.15, 0.2) is 17.5 Å². The molecule has 5 aromatic rings. The Balaban J connectivity index is 1.12. The van der Waals surface area contributed by atoms with Crippen LogP contribution >= 0.6 is 0 Å². The van der Waals surface area contributed by atoms with Gasteiger partial charge in [-0.2, -0.15) is 9.97 Å². The van der Waals surface area contributed by atoms with E-state index in [1.807, 2.05) is 4.90 Å². The highest BCUT2D eigenvalue weighted by molar-refractivity contribution is 6.03. The predicted octanol–water partition coefficient (Wildman–Crippen LogP) is 5.75. The molecule has 55 heavy (non-hydrogen) atoms. The van der Waals surface area contributed by atoms with Gasteiger partial charge in [-0.3, -0.25) is 14.7 Å². The van der Waals surface area contributed by atoms with Crippen molar-refractivity contribution in [2.24, 2.45) is 0 Å². The molecule has 7 heterocycles. The Bertz CT molecular complexity index is 2430. The number of ether oxygens (including phenoxy) is 1. The Morgan fingerprint density at radius 2 is 1.87 bits per heavy atom. The van der Waals surface area contributed by atoms with E-state index in [1.165, 1.54) is 42.9 Å². The molecule has 0 unspecified atom stereocenters. The highest BCUT2D eigenvalue weighted by atomic mass is 19.1. The summed E-state index contributed by atoms with van der Waals surface area (Å²) in [6.45, 7) is 1.64. The summed E-state index contributed by atoms with van der Waals surface area (Å²) < 4.78 is 68.2. The Labute approximate surface area is 312 Å². The lowest BCUT2D eigenvalue weighted by molar-refractivity contribution is -0.131. The average Bonchev–Trinajstić information content (AvgIpc) is 3.80. The van der Waals surface area contributed by atoms with Crippen molar-refractivity contribution in [3.63, 3.8) is 0 Å². The number of halogens is 4. The fourth-order valence-electron chi connectivity index (χ4n) is 9.01. The van der Waals surface area contributed by atoms with Crippen LogP contribution < -0.4 is 9.64 Å². The average molecular weight is 751 g/mol. The van der Waals surface area contributed by atoms with E-state index in [4.69, 9.17) is 16.1 Å². The fraction of sp³-hybridized carbons (Fsp3) is 0.350. The second kappa shape index (κ2) is 13.5. The number of hydrogen-bond donors (Lipinski definition) is 1. The quantitative estimate of drug-likeness (QED) is 0.125. The van der Waals surface area contributed by atoms with Gasteiger partial charge in [0.1, 0.15) is 41.4 Å². The minimum atomic E-state index is -0.993. The number of anilines is 1. The molecular weight excluding hydrogens is 716 g/mol. The van der Waals surface area contributed by atoms with Gasteiger partial charge in [-0.25, -0.2) is 27.5 Å². The predicted molar refractivity (Wildman–Crippen MR) is 195 cm³/mol. The molecule has 0 spiro atoms. The summed E-state index contributed by atoms with van der Waals surface area (Å²) in [6, 6.07) is 5.95. The first-order valence-corrected chi connectivity index (χ1v) is 18.1. The fourth-order valence-corrected chi connectivity index (χ4v) is 9.01. The second-order valence-electron chi connectivity index (χ2n) is 14.6. The van der Waals surface area contributed by atoms with Crippen LogP contribution in [0.2, 0.25) is 0 Å². The van der Waals surface area contributed by atoms with Crippen LogP contribution in [0.3, 0.4) is 0 Å². The highest BCUT2D eigenvalue weighted by Gasteiger charge is 2.50. The second-order valence-corrected chi connectivity index (χ2v) is 14.6. The van der Waals surface area contributed by atoms with E-state index in [0.29, 0.717) is 37.0 Å². The number of carbonyl (C=O) groups is 1. The van der Waals surface area contributed by atoms with Crippen molar-refractivity contribution in [2.45, 2.75) is 55.9 Å². The molecular formula is C40H34F4N8O3. The van der Waals surface area contributed by atoms with E-state index < -0.39 is 47.2 Å². The van der Waals surface area contributed by atoms with Gasteiger partial charge in [0, 0.05) is 61.7 Å². The van der Waals surface area contributed by atoms with Crippen LogP contribution in [0.4, 0.5) is 23.4 Å². The van der Waals surface area contributed by atoms with Crippen molar-refractivity contribution < 1.29 is 32.2 Å². The van der Waals surface area contributed by atoms with E-state index >= 15 is 8.78 Å². The van der Waals surface area contributed by atoms with E-state index in [0.717, 1.165) is 25.5 Å². The van der Waals surface area contributed by atoms with Gasteiger partial charge < -0.3 is 19.6 Å². The molecule has 4 atom stereocenters. The van der Waals surface area contributed by atoms with Crippen LogP contribution in [-0.2, 0) is 4.79 Å². The maximum absolute atomic E-state index is 17.1. The van der Waals surface area contributed by atoms with Crippen molar-refractivity contribution in [2.75, 3.05) is 37.7 Å². The molecule has 9 rings (SSSR count). The van der Waals surface area contributed by atoms with Gasteiger partial charge in [0.2, 0.25) is 0 Å². The van der Waals surface area contributed by atoms with Gasteiger partial charge in [0.05, 0.1) is 28.6 Å². The molecule has 280 valence electrons. The van der Waals surface area contributed by atoms with Gasteiger partial charge in [0.25, 0.3) is 5.91 Å². The number of carbonyl (C=O) groups excluding carboxylic acids is 1. The molecule has 4 saturated heterocycles. The highest BCUT2D eigenvalue weighted by Crippen LogP contribution is 2.43. The SMILES string of the molecule is C#Cc1c(F)ccc2cc(O)cc(-c3ncc4c(N5C[C@H]6CC[C@@H](C5)N6C(=O)/C(F)=C/c5ncccn5)nc(OC[C@@]56CCCN5C[C@H](F)C6)nc4c3F)c12. The number of phenolic OH excluding ortho intramolecular Hbond substituents is 1. The molecule has 11 nitrogen and oxygen atoms in total. The molecule has 4 aliphatic rings. The summed E-state index contributed by atoms with van der Waals surface area (Å²) in [5.74, 6) is -0.818. The zero-order valence-corrected chi connectivity index (χ0v) is 29.4. The zero-order valence-electron chi connectivity index (χ0n) is 29.4. The first kappa shape index (κ1) is 34.9. The number of phenols is 1. The number of hydrogen-bond acceptors (Lipinski definition) is 10. The maximum Gasteiger partial charge on any atom is 0.319 e. The lowest BCUT2D eigenvalue weighted by atomic mass is 9.95. The van der Waals surface area contributed by atoms with Gasteiger partial charge in [-0.05, 0) is 61.9 Å². The van der Waals surface area contributed by atoms with Crippen molar-refractivity contribution >= 4 is 39.5 Å². The molecule has 0 saturated carbocycles. The molecule has 1 N–H and O–H groups in total. The first-order valence-electron chi connectivity index (χ1n) is 18.1. The van der Waals surface area contributed by atoms with Crippen LogP contribution in [0.1, 0.15) is 43.5 Å². The molecule has 0 aliphatic carbocycles. The Hall–Kier alpha value is -5.88. The van der Waals surface area contributed by atoms with Crippen molar-refractivity contribution in [1.29, 1.82) is 0 Å². The molecule has 4 fully saturated rings. The summed E-state index contributed by atoms with van der Waals surface area (Å²) in [5, 5.41) is 11.4. The third-order valence-electron chi connectivity index (χ3n) is 11.4. The van der Waals surface area contributed by atoms with Crippen molar-refractivity contribution in [1.82, 2.24) is 34.7 Å². The molecule has 2 bridgehead atoms. The standard InChI is InChI=1S/C40H34F4N8O3/c1-2-27-30(42)8-5-22-13-26(53)14-28(33(22)27)35-34(44)36-29(17-47-35)37(49-39(48-36)55-21-40-9-3-12-51(40)18-23(41)16-40)50-19-24-6-7-25(20-50)52(24)38(54)31(43)15-32-45-10-4-11-46-32/h1,4-5,8,10-11,13-15,17,23-25,53H,3,6-7,9,12,16,18-21H2/b31-15-/t23-,24-,25+,40+/m1/s1. The van der Waals surface area contributed by atoms with E-state index in [9.17, 15) is 18.7 Å². The minimum Gasteiger partial charge on any atom is -0.508 e. The minimum absolute atomic E-state index is 0.0612. The Morgan fingerprint density at radius 1 is 1.09 bits per heavy atom. The summed E-state index contributed by atoms with van der Waals surface area (Å²) in [5.41, 5.74) is -0.981. The molecule has 4 aliphatic heterocycles. The largest absolute Gasteiger partial charge is 0.508 e. The Kier molecular flexibility index (Phi) is 8.53. The van der Waals surface area contributed by atoms with Crippen molar-refractivity contribution in [3.05, 3.63) is 77.8 Å². The number of pyridine rings is 1. The number of terminal acetylenes is 1. The number of aromatic hydroxyl groups is 1. The number of aromatic nitrogens is 5. The summed E-state index contributed by atoms with van der Waals surface area (Å²) in [7, 11) is 0. The van der Waals surface area contributed by atoms with Crippen LogP contribution in [0, 0.1) is 24.0 Å². The summed E-state index contributed by atoms with van der Waals surface area (Å²) in [6.07, 6.45) is 13.2. The number of benzene rings is 2. The van der Waals surface area contributed by atoms with Crippen LogP contribution in [-0.4, -0.2) is 102 Å². The number of rotatable bonds is 7. The summed E-state index contributed by atoms with van der Waals surface area (Å²) >= 11 is 0. The van der Waals surface area contributed by atoms with Crippen LogP contribution in [0.15, 0.2) is 54.7 Å². The van der Waals surface area contributed by atoms with Crippen LogP contribution in [0.25, 0.3) is 39.0 Å². The number of nitrogens with zero attached hydrogens (tertiary/aromatic N) is 8.